The topological polar surface area (TPSA) is 101 Å². The van der Waals surface area contributed by atoms with Gasteiger partial charge >= 0.3 is 0 Å². The van der Waals surface area contributed by atoms with Crippen LogP contribution >= 0.6 is 23.7 Å². The lowest BCUT2D eigenvalue weighted by Gasteiger charge is -2.17. The van der Waals surface area contributed by atoms with Crippen LogP contribution in [0.15, 0.2) is 16.3 Å². The summed E-state index contributed by atoms with van der Waals surface area (Å²) in [5, 5.41) is 4.44. The first-order chi connectivity index (χ1) is 12.0. The molecule has 1 atom stereocenters. The van der Waals surface area contributed by atoms with Gasteiger partial charge in [0.15, 0.2) is 0 Å². The number of amides is 1. The highest BCUT2D eigenvalue weighted by Gasteiger charge is 2.30. The second-order valence-electron chi connectivity index (χ2n) is 7.14. The Balaban J connectivity index is 0.00000243. The lowest BCUT2D eigenvalue weighted by atomic mass is 10.1. The molecule has 0 saturated heterocycles. The third-order valence-electron chi connectivity index (χ3n) is 5.03. The molecule has 0 aliphatic heterocycles. The highest BCUT2D eigenvalue weighted by atomic mass is 35.5. The molecule has 9 heteroatoms. The van der Waals surface area contributed by atoms with Crippen LogP contribution in [0, 0.1) is 5.92 Å². The van der Waals surface area contributed by atoms with E-state index < -0.39 is 10.0 Å². The fourth-order valence-electron chi connectivity index (χ4n) is 3.34. The summed E-state index contributed by atoms with van der Waals surface area (Å²) in [6, 6.07) is 1.43. The van der Waals surface area contributed by atoms with Crippen molar-refractivity contribution in [3.8, 4) is 0 Å². The molecule has 3 rings (SSSR count). The summed E-state index contributed by atoms with van der Waals surface area (Å²) in [4.78, 5) is 12.7. The Morgan fingerprint density at radius 1 is 1.19 bits per heavy atom. The van der Waals surface area contributed by atoms with Gasteiger partial charge in [-0.05, 0) is 43.0 Å². The summed E-state index contributed by atoms with van der Waals surface area (Å²) in [7, 11) is -3.68. The van der Waals surface area contributed by atoms with E-state index in [0.717, 1.165) is 62.7 Å². The molecule has 26 heavy (non-hydrogen) atoms. The van der Waals surface area contributed by atoms with Gasteiger partial charge in [-0.1, -0.05) is 25.7 Å². The normalized spacial score (nSPS) is 20.0. The number of sulfonamides is 1. The van der Waals surface area contributed by atoms with E-state index in [0.29, 0.717) is 12.5 Å². The quantitative estimate of drug-likeness (QED) is 0.589. The van der Waals surface area contributed by atoms with E-state index in [9.17, 15) is 13.2 Å². The van der Waals surface area contributed by atoms with Crippen molar-refractivity contribution in [1.82, 2.24) is 10.0 Å². The van der Waals surface area contributed by atoms with Gasteiger partial charge in [0.2, 0.25) is 10.0 Å². The number of hydrogen-bond donors (Lipinski definition) is 3. The summed E-state index contributed by atoms with van der Waals surface area (Å²) in [6.07, 6.45) is 8.36. The average molecular weight is 422 g/mol. The van der Waals surface area contributed by atoms with Gasteiger partial charge in [-0.15, -0.1) is 23.7 Å². The molecule has 1 amide bonds. The summed E-state index contributed by atoms with van der Waals surface area (Å²) in [5.41, 5.74) is 6.00. The Kier molecular flexibility index (Phi) is 7.90. The number of rotatable bonds is 7. The largest absolute Gasteiger partial charge is 0.350 e. The first kappa shape index (κ1) is 21.6. The summed E-state index contributed by atoms with van der Waals surface area (Å²) in [6.45, 7) is 0.386. The van der Waals surface area contributed by atoms with Crippen LogP contribution in [0.1, 0.15) is 61.0 Å². The van der Waals surface area contributed by atoms with Crippen LogP contribution in [0.2, 0.25) is 0 Å². The van der Waals surface area contributed by atoms with Crippen molar-refractivity contribution in [2.45, 2.75) is 68.3 Å². The molecule has 2 saturated carbocycles. The molecule has 1 unspecified atom stereocenters. The van der Waals surface area contributed by atoms with Crippen LogP contribution < -0.4 is 15.8 Å². The number of thiophene rings is 1. The van der Waals surface area contributed by atoms with Crippen molar-refractivity contribution >= 4 is 39.7 Å². The zero-order valence-corrected chi connectivity index (χ0v) is 17.2. The number of halogens is 1. The summed E-state index contributed by atoms with van der Waals surface area (Å²) in [5.74, 6) is 0.135. The molecular formula is C17H28ClN3O3S2. The second kappa shape index (κ2) is 9.50. The lowest BCUT2D eigenvalue weighted by molar-refractivity contribution is 0.0951. The van der Waals surface area contributed by atoms with Crippen LogP contribution in [0.4, 0.5) is 0 Å². The third-order valence-corrected chi connectivity index (χ3v) is 7.63. The first-order valence-electron chi connectivity index (χ1n) is 9.11. The Bertz CT molecular complexity index is 696. The fraction of sp³-hybridized carbons (Fsp3) is 0.706. The zero-order valence-electron chi connectivity index (χ0n) is 14.8. The summed E-state index contributed by atoms with van der Waals surface area (Å²) >= 11 is 1.15. The molecule has 0 bridgehead atoms. The maximum atomic E-state index is 12.7. The average Bonchev–Trinajstić information content (AvgIpc) is 3.35. The smallest absolute Gasteiger partial charge is 0.262 e. The molecule has 1 heterocycles. The molecule has 148 valence electrons. The Hall–Kier alpha value is -0.670. The molecule has 0 aromatic carbocycles. The van der Waals surface area contributed by atoms with E-state index >= 15 is 0 Å². The Morgan fingerprint density at radius 3 is 2.46 bits per heavy atom. The SMILES string of the molecule is Cl.NC(CNC(=O)c1sccc1S(=O)(=O)NC1CCCCCC1)C1CC1. The van der Waals surface area contributed by atoms with Gasteiger partial charge in [0, 0.05) is 18.6 Å². The molecule has 1 aromatic heterocycles. The predicted molar refractivity (Wildman–Crippen MR) is 106 cm³/mol. The van der Waals surface area contributed by atoms with E-state index in [1.54, 1.807) is 5.38 Å². The molecule has 1 aromatic rings. The van der Waals surface area contributed by atoms with Crippen LogP contribution in [0.5, 0.6) is 0 Å². The monoisotopic (exact) mass is 421 g/mol. The van der Waals surface area contributed by atoms with Crippen LogP contribution in [0.25, 0.3) is 0 Å². The molecule has 6 nitrogen and oxygen atoms in total. The molecule has 2 aliphatic carbocycles. The minimum atomic E-state index is -3.68. The predicted octanol–water partition coefficient (Wildman–Crippen LogP) is 2.64. The molecule has 0 radical (unpaired) electrons. The van der Waals surface area contributed by atoms with Gasteiger partial charge in [-0.3, -0.25) is 4.79 Å². The number of nitrogens with two attached hydrogens (primary N) is 1. The highest BCUT2D eigenvalue weighted by molar-refractivity contribution is 7.89. The maximum absolute atomic E-state index is 12.7. The van der Waals surface area contributed by atoms with Crippen molar-refractivity contribution in [2.75, 3.05) is 6.54 Å². The number of carbonyl (C=O) groups excluding carboxylic acids is 1. The zero-order chi connectivity index (χ0) is 17.9. The van der Waals surface area contributed by atoms with Gasteiger partial charge < -0.3 is 11.1 Å². The number of hydrogen-bond acceptors (Lipinski definition) is 5. The number of nitrogens with one attached hydrogen (secondary N) is 2. The minimum Gasteiger partial charge on any atom is -0.350 e. The van der Waals surface area contributed by atoms with E-state index in [2.05, 4.69) is 10.0 Å². The minimum absolute atomic E-state index is 0. The number of carbonyl (C=O) groups is 1. The highest BCUT2D eigenvalue weighted by Crippen LogP contribution is 2.31. The van der Waals surface area contributed by atoms with Gasteiger partial charge in [-0.2, -0.15) is 0 Å². The maximum Gasteiger partial charge on any atom is 0.262 e. The van der Waals surface area contributed by atoms with Crippen molar-refractivity contribution in [2.24, 2.45) is 11.7 Å². The van der Waals surface area contributed by atoms with E-state index in [-0.39, 0.29) is 40.2 Å². The molecule has 2 fully saturated rings. The Labute approximate surface area is 165 Å². The summed E-state index contributed by atoms with van der Waals surface area (Å²) < 4.78 is 28.3. The second-order valence-corrected chi connectivity index (χ2v) is 9.73. The molecular weight excluding hydrogens is 394 g/mol. The molecule has 0 spiro atoms. The van der Waals surface area contributed by atoms with Gasteiger partial charge in [0.05, 0.1) is 0 Å². The van der Waals surface area contributed by atoms with E-state index in [4.69, 9.17) is 5.73 Å². The van der Waals surface area contributed by atoms with Crippen molar-refractivity contribution in [3.05, 3.63) is 16.3 Å². The van der Waals surface area contributed by atoms with Crippen LogP contribution in [-0.4, -0.2) is 33.0 Å². The van der Waals surface area contributed by atoms with Crippen molar-refractivity contribution in [3.63, 3.8) is 0 Å². The van der Waals surface area contributed by atoms with Gasteiger partial charge in [-0.25, -0.2) is 13.1 Å². The van der Waals surface area contributed by atoms with E-state index in [1.807, 2.05) is 0 Å². The van der Waals surface area contributed by atoms with Crippen LogP contribution in [0.3, 0.4) is 0 Å². The van der Waals surface area contributed by atoms with Gasteiger partial charge in [0.25, 0.3) is 5.91 Å². The van der Waals surface area contributed by atoms with Crippen molar-refractivity contribution in [1.29, 1.82) is 0 Å². The van der Waals surface area contributed by atoms with Crippen LogP contribution in [-0.2, 0) is 10.0 Å². The standard InChI is InChI=1S/C17H27N3O3S2.ClH/c18-14(12-7-8-12)11-19-17(21)16-15(9-10-24-16)25(22,23)20-13-5-3-1-2-4-6-13;/h9-10,12-14,20H,1-8,11,18H2,(H,19,21);1H. The van der Waals surface area contributed by atoms with E-state index in [1.165, 1.54) is 6.07 Å². The molecule has 2 aliphatic rings. The third kappa shape index (κ3) is 5.66. The Morgan fingerprint density at radius 2 is 1.85 bits per heavy atom. The first-order valence-corrected chi connectivity index (χ1v) is 11.5. The fourth-order valence-corrected chi connectivity index (χ4v) is 5.99. The lowest BCUT2D eigenvalue weighted by Crippen LogP contribution is -2.39. The van der Waals surface area contributed by atoms with Gasteiger partial charge in [0.1, 0.15) is 9.77 Å². The molecule has 4 N–H and O–H groups in total. The van der Waals surface area contributed by atoms with Crippen molar-refractivity contribution < 1.29 is 13.2 Å².